The summed E-state index contributed by atoms with van der Waals surface area (Å²) in [7, 11) is 0. The maximum atomic E-state index is 8.49. The molecular weight excluding hydrogens is 228 g/mol. The van der Waals surface area contributed by atoms with Crippen molar-refractivity contribution in [1.29, 1.82) is 5.26 Å². The molecule has 5 heteroatoms. The van der Waals surface area contributed by atoms with Crippen LogP contribution in [0.1, 0.15) is 19.4 Å². The van der Waals surface area contributed by atoms with Gasteiger partial charge in [-0.2, -0.15) is 5.26 Å². The average Bonchev–Trinajstić information content (AvgIpc) is 2.73. The number of nitrogens with one attached hydrogen (secondary N) is 1. The van der Waals surface area contributed by atoms with E-state index in [1.54, 1.807) is 6.08 Å². The highest BCUT2D eigenvalue weighted by molar-refractivity contribution is 5.84. The van der Waals surface area contributed by atoms with E-state index >= 15 is 0 Å². The number of ether oxygens (including phenoxy) is 1. The Morgan fingerprint density at radius 1 is 1.50 bits per heavy atom. The molecule has 0 saturated carbocycles. The number of nitrogens with zero attached hydrogens (tertiary/aromatic N) is 3. The van der Waals surface area contributed by atoms with Gasteiger partial charge in [0.15, 0.2) is 0 Å². The summed E-state index contributed by atoms with van der Waals surface area (Å²) >= 11 is 0. The van der Waals surface area contributed by atoms with Crippen LogP contribution in [-0.2, 0) is 6.42 Å². The van der Waals surface area contributed by atoms with E-state index in [9.17, 15) is 0 Å². The number of rotatable bonds is 4. The van der Waals surface area contributed by atoms with Gasteiger partial charge < -0.3 is 9.72 Å². The van der Waals surface area contributed by atoms with Crippen molar-refractivity contribution in [3.8, 4) is 11.9 Å². The number of hydrogen-bond donors (Lipinski definition) is 1. The molecule has 2 heterocycles. The van der Waals surface area contributed by atoms with E-state index in [-0.39, 0.29) is 6.10 Å². The van der Waals surface area contributed by atoms with Gasteiger partial charge in [-0.25, -0.2) is 9.97 Å². The molecule has 0 saturated heterocycles. The summed E-state index contributed by atoms with van der Waals surface area (Å²) in [6.07, 6.45) is 7.32. The zero-order valence-electron chi connectivity index (χ0n) is 10.3. The second-order valence-corrected chi connectivity index (χ2v) is 4.12. The molecule has 0 spiro atoms. The van der Waals surface area contributed by atoms with Gasteiger partial charge in [-0.15, -0.1) is 0 Å². The largest absolute Gasteiger partial charge is 0.474 e. The Bertz CT molecular complexity index is 607. The molecule has 0 bridgehead atoms. The standard InChI is InChI=1S/C13H14N4O/c1-9(2)18-13-11-10(5-3-4-6-14)7-15-12(11)16-8-17-13/h3-4,7-9H,5H2,1-2H3,(H,15,16,17). The summed E-state index contributed by atoms with van der Waals surface area (Å²) in [5.41, 5.74) is 1.77. The Hall–Kier alpha value is -2.35. The Balaban J connectivity index is 2.42. The van der Waals surface area contributed by atoms with Crippen molar-refractivity contribution in [2.75, 3.05) is 0 Å². The fraction of sp³-hybridized carbons (Fsp3) is 0.308. The smallest absolute Gasteiger partial charge is 0.226 e. The highest BCUT2D eigenvalue weighted by atomic mass is 16.5. The van der Waals surface area contributed by atoms with E-state index in [0.29, 0.717) is 12.3 Å². The summed E-state index contributed by atoms with van der Waals surface area (Å²) in [5.74, 6) is 0.580. The molecule has 0 aliphatic rings. The van der Waals surface area contributed by atoms with Gasteiger partial charge in [0.1, 0.15) is 12.0 Å². The van der Waals surface area contributed by atoms with Gasteiger partial charge in [0.25, 0.3) is 0 Å². The third kappa shape index (κ3) is 2.48. The topological polar surface area (TPSA) is 74.6 Å². The highest BCUT2D eigenvalue weighted by Gasteiger charge is 2.12. The van der Waals surface area contributed by atoms with Crippen LogP contribution < -0.4 is 4.74 Å². The molecule has 18 heavy (non-hydrogen) atoms. The number of fused-ring (bicyclic) bond motifs is 1. The summed E-state index contributed by atoms with van der Waals surface area (Å²) in [6.45, 7) is 3.91. The lowest BCUT2D eigenvalue weighted by atomic mass is 10.1. The van der Waals surface area contributed by atoms with Crippen LogP contribution in [0.15, 0.2) is 24.7 Å². The quantitative estimate of drug-likeness (QED) is 0.835. The van der Waals surface area contributed by atoms with Crippen molar-refractivity contribution >= 4 is 11.0 Å². The molecule has 2 aromatic heterocycles. The molecule has 0 aromatic carbocycles. The lowest BCUT2D eigenvalue weighted by Gasteiger charge is -2.09. The van der Waals surface area contributed by atoms with Gasteiger partial charge in [-0.3, -0.25) is 0 Å². The van der Waals surface area contributed by atoms with Crippen LogP contribution in [0.3, 0.4) is 0 Å². The lowest BCUT2D eigenvalue weighted by molar-refractivity contribution is 0.235. The molecule has 5 nitrogen and oxygen atoms in total. The van der Waals surface area contributed by atoms with Crippen molar-refractivity contribution in [2.45, 2.75) is 26.4 Å². The highest BCUT2D eigenvalue weighted by Crippen LogP contribution is 2.26. The van der Waals surface area contributed by atoms with Crippen LogP contribution in [0, 0.1) is 11.3 Å². The average molecular weight is 242 g/mol. The first kappa shape index (κ1) is 12.1. The fourth-order valence-corrected chi connectivity index (χ4v) is 1.71. The van der Waals surface area contributed by atoms with Crippen LogP contribution >= 0.6 is 0 Å². The molecule has 0 radical (unpaired) electrons. The van der Waals surface area contributed by atoms with Gasteiger partial charge in [-0.1, -0.05) is 6.08 Å². The summed E-state index contributed by atoms with van der Waals surface area (Å²) in [4.78, 5) is 11.4. The zero-order chi connectivity index (χ0) is 13.0. The van der Waals surface area contributed by atoms with Gasteiger partial charge in [0.05, 0.1) is 17.6 Å². The Morgan fingerprint density at radius 3 is 3.06 bits per heavy atom. The van der Waals surface area contributed by atoms with E-state index in [0.717, 1.165) is 16.6 Å². The van der Waals surface area contributed by atoms with Gasteiger partial charge in [0.2, 0.25) is 5.88 Å². The van der Waals surface area contributed by atoms with E-state index in [4.69, 9.17) is 10.00 Å². The van der Waals surface area contributed by atoms with Crippen LogP contribution in [-0.4, -0.2) is 21.1 Å². The number of allylic oxidation sites excluding steroid dienone is 2. The molecule has 0 aliphatic heterocycles. The van der Waals surface area contributed by atoms with Crippen LogP contribution in [0.2, 0.25) is 0 Å². The molecule has 0 aliphatic carbocycles. The molecule has 0 unspecified atom stereocenters. The van der Waals surface area contributed by atoms with Crippen molar-refractivity contribution in [3.05, 3.63) is 30.2 Å². The van der Waals surface area contributed by atoms with Gasteiger partial charge >= 0.3 is 0 Å². The SMILES string of the molecule is CC(C)Oc1ncnc2[nH]cc(CC=CC#N)c12. The molecule has 2 aromatic rings. The molecule has 0 atom stereocenters. The lowest BCUT2D eigenvalue weighted by Crippen LogP contribution is -2.07. The van der Waals surface area contributed by atoms with Crippen LogP contribution in [0.4, 0.5) is 0 Å². The van der Waals surface area contributed by atoms with Crippen molar-refractivity contribution in [1.82, 2.24) is 15.0 Å². The monoisotopic (exact) mass is 242 g/mol. The van der Waals surface area contributed by atoms with Crippen molar-refractivity contribution in [2.24, 2.45) is 0 Å². The molecule has 1 N–H and O–H groups in total. The van der Waals surface area contributed by atoms with Gasteiger partial charge in [0, 0.05) is 12.3 Å². The van der Waals surface area contributed by atoms with Crippen LogP contribution in [0.25, 0.3) is 11.0 Å². The first-order valence-electron chi connectivity index (χ1n) is 5.74. The third-order valence-corrected chi connectivity index (χ3v) is 2.39. The first-order chi connectivity index (χ1) is 8.72. The number of hydrogen-bond acceptors (Lipinski definition) is 4. The minimum absolute atomic E-state index is 0.0560. The molecule has 92 valence electrons. The molecular formula is C13H14N4O. The number of nitriles is 1. The molecule has 0 amide bonds. The Morgan fingerprint density at radius 2 is 2.33 bits per heavy atom. The number of aromatic amines is 1. The van der Waals surface area contributed by atoms with E-state index < -0.39 is 0 Å². The normalized spacial score (nSPS) is 11.2. The fourth-order valence-electron chi connectivity index (χ4n) is 1.71. The number of H-pyrrole nitrogens is 1. The second kappa shape index (κ2) is 5.32. The second-order valence-electron chi connectivity index (χ2n) is 4.12. The first-order valence-corrected chi connectivity index (χ1v) is 5.74. The minimum Gasteiger partial charge on any atom is -0.474 e. The Labute approximate surface area is 105 Å². The zero-order valence-corrected chi connectivity index (χ0v) is 10.3. The van der Waals surface area contributed by atoms with Crippen molar-refractivity contribution in [3.63, 3.8) is 0 Å². The molecule has 0 fully saturated rings. The minimum atomic E-state index is 0.0560. The maximum Gasteiger partial charge on any atom is 0.226 e. The van der Waals surface area contributed by atoms with Crippen LogP contribution in [0.5, 0.6) is 5.88 Å². The maximum absolute atomic E-state index is 8.49. The molecule has 2 rings (SSSR count). The van der Waals surface area contributed by atoms with E-state index in [1.807, 2.05) is 26.1 Å². The van der Waals surface area contributed by atoms with E-state index in [2.05, 4.69) is 15.0 Å². The Kier molecular flexibility index (Phi) is 3.58. The van der Waals surface area contributed by atoms with Crippen molar-refractivity contribution < 1.29 is 4.74 Å². The summed E-state index contributed by atoms with van der Waals surface area (Å²) < 4.78 is 5.67. The third-order valence-electron chi connectivity index (χ3n) is 2.39. The number of aromatic nitrogens is 3. The predicted octanol–water partition coefficient (Wildman–Crippen LogP) is 2.37. The predicted molar refractivity (Wildman–Crippen MR) is 68.1 cm³/mol. The van der Waals surface area contributed by atoms with Gasteiger partial charge in [-0.05, 0) is 25.8 Å². The van der Waals surface area contributed by atoms with E-state index in [1.165, 1.54) is 12.4 Å². The summed E-state index contributed by atoms with van der Waals surface area (Å²) in [6, 6.07) is 1.97. The summed E-state index contributed by atoms with van der Waals surface area (Å²) in [5, 5.41) is 9.37.